The van der Waals surface area contributed by atoms with Gasteiger partial charge in [-0.3, -0.25) is 0 Å². The van der Waals surface area contributed by atoms with E-state index < -0.39 is 0 Å². The van der Waals surface area contributed by atoms with Crippen molar-refractivity contribution in [3.63, 3.8) is 0 Å². The predicted octanol–water partition coefficient (Wildman–Crippen LogP) is 2.11. The maximum atomic E-state index is 6.35. The number of hydrogen-bond donors (Lipinski definition) is 1. The molecule has 0 aromatic carbocycles. The van der Waals surface area contributed by atoms with Gasteiger partial charge < -0.3 is 10.5 Å². The van der Waals surface area contributed by atoms with Crippen molar-refractivity contribution in [2.24, 2.45) is 11.7 Å². The maximum absolute atomic E-state index is 6.35. The molecule has 5 nitrogen and oxygen atoms in total. The molecule has 0 atom stereocenters. The number of ether oxygens (including phenoxy) is 1. The zero-order valence-electron chi connectivity index (χ0n) is 12.1. The Labute approximate surface area is 115 Å². The highest BCUT2D eigenvalue weighted by Gasteiger charge is 2.27. The molecule has 0 radical (unpaired) electrons. The van der Waals surface area contributed by atoms with Gasteiger partial charge in [0.25, 0.3) is 0 Å². The molecule has 1 aromatic heterocycles. The van der Waals surface area contributed by atoms with Gasteiger partial charge in [-0.05, 0) is 18.8 Å². The van der Waals surface area contributed by atoms with E-state index in [1.807, 2.05) is 4.68 Å². The average molecular weight is 266 g/mol. The molecule has 19 heavy (non-hydrogen) atoms. The smallest absolute Gasteiger partial charge is 0.152 e. The van der Waals surface area contributed by atoms with E-state index in [9.17, 15) is 0 Å². The molecule has 0 bridgehead atoms. The lowest BCUT2D eigenvalue weighted by Crippen LogP contribution is -2.46. The van der Waals surface area contributed by atoms with Crippen molar-refractivity contribution in [2.45, 2.75) is 64.6 Å². The minimum atomic E-state index is -0.124. The molecule has 1 fully saturated rings. The van der Waals surface area contributed by atoms with Gasteiger partial charge in [-0.25, -0.2) is 9.67 Å². The number of nitrogens with zero attached hydrogens (tertiary/aromatic N) is 3. The lowest BCUT2D eigenvalue weighted by Gasteiger charge is -2.32. The third-order valence-corrected chi connectivity index (χ3v) is 3.70. The van der Waals surface area contributed by atoms with E-state index in [2.05, 4.69) is 23.9 Å². The summed E-state index contributed by atoms with van der Waals surface area (Å²) in [7, 11) is 0. The second kappa shape index (κ2) is 6.48. The summed E-state index contributed by atoms with van der Waals surface area (Å²) in [4.78, 5) is 4.26. The van der Waals surface area contributed by atoms with Crippen LogP contribution >= 0.6 is 0 Å². The molecular formula is C14H26N4O. The van der Waals surface area contributed by atoms with E-state index in [1.165, 1.54) is 19.3 Å². The van der Waals surface area contributed by atoms with Crippen LogP contribution in [0.15, 0.2) is 6.33 Å². The number of hydrogen-bond acceptors (Lipinski definition) is 4. The SMILES string of the molecule is CC(C)Cn1ncnc1COCC1(N)CCCCC1. The molecule has 2 rings (SSSR count). The van der Waals surface area contributed by atoms with Crippen LogP contribution in [-0.2, 0) is 17.9 Å². The molecule has 108 valence electrons. The van der Waals surface area contributed by atoms with Gasteiger partial charge in [-0.1, -0.05) is 33.1 Å². The quantitative estimate of drug-likeness (QED) is 0.856. The minimum absolute atomic E-state index is 0.124. The molecule has 1 aromatic rings. The van der Waals surface area contributed by atoms with Gasteiger partial charge in [0.15, 0.2) is 5.82 Å². The number of rotatable bonds is 6. The molecule has 1 aliphatic carbocycles. The zero-order chi connectivity index (χ0) is 13.7. The van der Waals surface area contributed by atoms with Gasteiger partial charge in [0.2, 0.25) is 0 Å². The largest absolute Gasteiger partial charge is 0.372 e. The van der Waals surface area contributed by atoms with Crippen LogP contribution < -0.4 is 5.73 Å². The summed E-state index contributed by atoms with van der Waals surface area (Å²) in [5.41, 5.74) is 6.23. The van der Waals surface area contributed by atoms with Gasteiger partial charge in [-0.2, -0.15) is 5.10 Å². The molecule has 5 heteroatoms. The first-order valence-electron chi connectivity index (χ1n) is 7.32. The third kappa shape index (κ3) is 4.28. The first-order valence-corrected chi connectivity index (χ1v) is 7.32. The van der Waals surface area contributed by atoms with Crippen molar-refractivity contribution in [1.29, 1.82) is 0 Å². The second-order valence-electron chi connectivity index (χ2n) is 6.17. The number of nitrogens with two attached hydrogens (primary N) is 1. The van der Waals surface area contributed by atoms with Crippen LogP contribution in [0, 0.1) is 5.92 Å². The van der Waals surface area contributed by atoms with Crippen molar-refractivity contribution in [1.82, 2.24) is 14.8 Å². The number of aromatic nitrogens is 3. The van der Waals surface area contributed by atoms with Crippen LogP contribution in [0.3, 0.4) is 0 Å². The molecule has 1 heterocycles. The van der Waals surface area contributed by atoms with Crippen molar-refractivity contribution >= 4 is 0 Å². The van der Waals surface area contributed by atoms with Crippen LogP contribution in [0.1, 0.15) is 51.8 Å². The molecule has 1 aliphatic rings. The van der Waals surface area contributed by atoms with E-state index in [1.54, 1.807) is 6.33 Å². The Bertz CT molecular complexity index is 383. The normalized spacial score (nSPS) is 18.9. The molecular weight excluding hydrogens is 240 g/mol. The molecule has 0 aliphatic heterocycles. The van der Waals surface area contributed by atoms with E-state index in [-0.39, 0.29) is 5.54 Å². The molecule has 0 unspecified atom stereocenters. The summed E-state index contributed by atoms with van der Waals surface area (Å²) >= 11 is 0. The summed E-state index contributed by atoms with van der Waals surface area (Å²) in [6.45, 7) is 6.35. The van der Waals surface area contributed by atoms with Crippen LogP contribution in [0.2, 0.25) is 0 Å². The first kappa shape index (κ1) is 14.5. The summed E-state index contributed by atoms with van der Waals surface area (Å²) < 4.78 is 7.72. The molecule has 2 N–H and O–H groups in total. The van der Waals surface area contributed by atoms with Crippen molar-refractivity contribution in [3.8, 4) is 0 Å². The standard InChI is InChI=1S/C14H26N4O/c1-12(2)8-18-13(16-11-17-18)9-19-10-14(15)6-4-3-5-7-14/h11-12H,3-10,15H2,1-2H3. The van der Waals surface area contributed by atoms with Crippen molar-refractivity contribution in [2.75, 3.05) is 6.61 Å². The molecule has 0 spiro atoms. The first-order chi connectivity index (χ1) is 9.09. The van der Waals surface area contributed by atoms with E-state index in [0.717, 1.165) is 25.2 Å². The highest BCUT2D eigenvalue weighted by molar-refractivity contribution is 4.88. The van der Waals surface area contributed by atoms with Gasteiger partial charge in [0.05, 0.1) is 6.61 Å². The summed E-state index contributed by atoms with van der Waals surface area (Å²) in [5, 5.41) is 4.23. The van der Waals surface area contributed by atoms with E-state index in [4.69, 9.17) is 10.5 Å². The van der Waals surface area contributed by atoms with Gasteiger partial charge in [0, 0.05) is 12.1 Å². The zero-order valence-corrected chi connectivity index (χ0v) is 12.1. The van der Waals surface area contributed by atoms with E-state index >= 15 is 0 Å². The lowest BCUT2D eigenvalue weighted by atomic mass is 9.83. The Morgan fingerprint density at radius 1 is 1.37 bits per heavy atom. The Morgan fingerprint density at radius 2 is 2.11 bits per heavy atom. The summed E-state index contributed by atoms with van der Waals surface area (Å²) in [6.07, 6.45) is 7.51. The fourth-order valence-corrected chi connectivity index (χ4v) is 2.64. The third-order valence-electron chi connectivity index (χ3n) is 3.70. The molecule has 1 saturated carbocycles. The lowest BCUT2D eigenvalue weighted by molar-refractivity contribution is 0.0518. The Hall–Kier alpha value is -0.940. The topological polar surface area (TPSA) is 66.0 Å². The van der Waals surface area contributed by atoms with Gasteiger partial charge in [0.1, 0.15) is 12.9 Å². The molecule has 0 amide bonds. The van der Waals surface area contributed by atoms with Crippen LogP contribution in [-0.4, -0.2) is 26.9 Å². The van der Waals surface area contributed by atoms with Crippen LogP contribution in [0.4, 0.5) is 0 Å². The minimum Gasteiger partial charge on any atom is -0.372 e. The average Bonchev–Trinajstić information content (AvgIpc) is 2.76. The highest BCUT2D eigenvalue weighted by atomic mass is 16.5. The van der Waals surface area contributed by atoms with Crippen molar-refractivity contribution in [3.05, 3.63) is 12.2 Å². The van der Waals surface area contributed by atoms with Crippen molar-refractivity contribution < 1.29 is 4.74 Å². The predicted molar refractivity (Wildman–Crippen MR) is 74.5 cm³/mol. The van der Waals surface area contributed by atoms with Gasteiger partial charge in [-0.15, -0.1) is 0 Å². The Balaban J connectivity index is 1.80. The summed E-state index contributed by atoms with van der Waals surface area (Å²) in [5.74, 6) is 1.45. The molecule has 0 saturated heterocycles. The monoisotopic (exact) mass is 266 g/mol. The van der Waals surface area contributed by atoms with Crippen LogP contribution in [0.5, 0.6) is 0 Å². The Morgan fingerprint density at radius 3 is 2.79 bits per heavy atom. The van der Waals surface area contributed by atoms with Gasteiger partial charge >= 0.3 is 0 Å². The fraction of sp³-hybridized carbons (Fsp3) is 0.857. The summed E-state index contributed by atoms with van der Waals surface area (Å²) in [6, 6.07) is 0. The highest BCUT2D eigenvalue weighted by Crippen LogP contribution is 2.26. The van der Waals surface area contributed by atoms with Crippen LogP contribution in [0.25, 0.3) is 0 Å². The second-order valence-corrected chi connectivity index (χ2v) is 6.17. The Kier molecular flexibility index (Phi) is 4.93. The van der Waals surface area contributed by atoms with E-state index in [0.29, 0.717) is 19.1 Å². The maximum Gasteiger partial charge on any atom is 0.152 e. The fourth-order valence-electron chi connectivity index (χ4n) is 2.64.